The van der Waals surface area contributed by atoms with Gasteiger partial charge in [-0.1, -0.05) is 7.43 Å². The normalized spacial score (nSPS) is 24.8. The van der Waals surface area contributed by atoms with Gasteiger partial charge >= 0.3 is 0 Å². The molecule has 1 amide bonds. The Morgan fingerprint density at radius 2 is 1.16 bits per heavy atom. The maximum Gasteiger partial charge on any atom is 0.225 e. The summed E-state index contributed by atoms with van der Waals surface area (Å²) in [5, 5.41) is 5.21. The Hall–Kier alpha value is -3.09. The third-order valence-corrected chi connectivity index (χ3v) is 14.2. The zero-order valence-electron chi connectivity index (χ0n) is 32.9. The minimum absolute atomic E-state index is 0. The zero-order chi connectivity index (χ0) is 39.3. The first-order valence-corrected chi connectivity index (χ1v) is 22.4. The van der Waals surface area contributed by atoms with Gasteiger partial charge in [-0.05, 0) is 68.5 Å². The van der Waals surface area contributed by atoms with E-state index in [0.29, 0.717) is 31.1 Å². The monoisotopic (exact) mass is 856 g/mol. The van der Waals surface area contributed by atoms with Crippen LogP contribution in [0.1, 0.15) is 93.5 Å². The van der Waals surface area contributed by atoms with Crippen molar-refractivity contribution in [3.05, 3.63) is 33.5 Å². The first-order chi connectivity index (χ1) is 27.8. The smallest absolute Gasteiger partial charge is 0.225 e. The molecule has 2 saturated carbocycles. The molecule has 316 valence electrons. The summed E-state index contributed by atoms with van der Waals surface area (Å²) in [6, 6.07) is 1.35. The molecule has 4 aliphatic heterocycles. The molecule has 0 spiro atoms. The summed E-state index contributed by atoms with van der Waals surface area (Å²) in [7, 11) is 0. The van der Waals surface area contributed by atoms with Crippen LogP contribution >= 0.6 is 34.3 Å². The molecule has 0 bridgehead atoms. The molecule has 17 heteroatoms. The highest BCUT2D eigenvalue weighted by Crippen LogP contribution is 2.42. The number of carbonyl (C=O) groups is 2. The van der Waals surface area contributed by atoms with E-state index in [1.54, 1.807) is 42.3 Å². The predicted molar refractivity (Wildman–Crippen MR) is 227 cm³/mol. The van der Waals surface area contributed by atoms with Gasteiger partial charge in [-0.2, -0.15) is 0 Å². The van der Waals surface area contributed by atoms with Gasteiger partial charge in [0.05, 0.1) is 43.7 Å². The summed E-state index contributed by atoms with van der Waals surface area (Å²) in [5.41, 5.74) is 2.52. The second-order valence-corrected chi connectivity index (χ2v) is 18.3. The van der Waals surface area contributed by atoms with Crippen LogP contribution in [-0.4, -0.2) is 123 Å². The van der Waals surface area contributed by atoms with Crippen LogP contribution in [0, 0.1) is 0 Å². The molecule has 4 fully saturated rings. The van der Waals surface area contributed by atoms with Gasteiger partial charge in [0.1, 0.15) is 34.5 Å². The van der Waals surface area contributed by atoms with Crippen molar-refractivity contribution in [1.29, 1.82) is 0 Å². The molecule has 6 aliphatic rings. The molecule has 4 aromatic rings. The van der Waals surface area contributed by atoms with Crippen LogP contribution < -0.4 is 14.8 Å². The van der Waals surface area contributed by atoms with Crippen LogP contribution in [0.3, 0.4) is 0 Å². The highest BCUT2D eigenvalue weighted by molar-refractivity contribution is 7.19. The Morgan fingerprint density at radius 1 is 0.690 bits per heavy atom. The SMILES string of the molecule is C.CC(=O)Cl.CC(=O)N1Cc2sc3ncnc(OC4CCC(N5CCOCC5)CC4)c3c2C1.c1nc(OC2CCC(N3CCOCC3)CC2)c2c3c(sc2n1)CNC3. The van der Waals surface area contributed by atoms with Gasteiger partial charge in [0.2, 0.25) is 22.9 Å². The Balaban J connectivity index is 0.000000160. The van der Waals surface area contributed by atoms with E-state index in [0.717, 1.165) is 118 Å². The number of nitrogens with zero attached hydrogens (tertiary/aromatic N) is 7. The van der Waals surface area contributed by atoms with Crippen LogP contribution in [0.5, 0.6) is 11.8 Å². The van der Waals surface area contributed by atoms with Gasteiger partial charge < -0.3 is 29.2 Å². The number of halogens is 1. The molecule has 2 saturated heterocycles. The Kier molecular flexibility index (Phi) is 14.8. The minimum Gasteiger partial charge on any atom is -0.474 e. The fraction of sp³-hybridized carbons (Fsp3) is 0.659. The highest BCUT2D eigenvalue weighted by Gasteiger charge is 2.32. The molecule has 8 heterocycles. The van der Waals surface area contributed by atoms with Gasteiger partial charge in [0.15, 0.2) is 0 Å². The van der Waals surface area contributed by atoms with Crippen molar-refractivity contribution in [3.8, 4) is 11.8 Å². The van der Waals surface area contributed by atoms with Crippen LogP contribution in [0.2, 0.25) is 0 Å². The van der Waals surface area contributed by atoms with E-state index < -0.39 is 0 Å². The average Bonchev–Trinajstić information content (AvgIpc) is 4.01. The lowest BCUT2D eigenvalue weighted by Crippen LogP contribution is -2.46. The third kappa shape index (κ3) is 10.1. The summed E-state index contributed by atoms with van der Waals surface area (Å²) >= 11 is 8.06. The molecule has 1 N–H and O–H groups in total. The number of morpholine rings is 2. The fourth-order valence-corrected chi connectivity index (χ4v) is 11.3. The maximum absolute atomic E-state index is 11.8. The Bertz CT molecular complexity index is 2000. The summed E-state index contributed by atoms with van der Waals surface area (Å²) in [6.45, 7) is 13.8. The topological polar surface area (TPSA) is 144 Å². The standard InChI is InChI=1S/C20H26N4O3S.C18H24N4O2S.C2H3ClO.CH4/c1-13(25)24-10-16-17(11-24)28-20-18(16)19(21-12-22-20)27-15-4-2-14(3-5-15)23-6-8-26-9-7-23;1-3-13(4-2-12(1)22-5-7-23-8-6-22)24-17-16-14-9-19-10-15(14)25-18(16)21-11-20-17;1-2(3)4;/h12,14-15H,2-11H2,1H3;11-13,19H,1-10H2;1H3;1H4. The van der Waals surface area contributed by atoms with Gasteiger partial charge in [-0.15, -0.1) is 22.7 Å². The lowest BCUT2D eigenvalue weighted by molar-refractivity contribution is -0.129. The predicted octanol–water partition coefficient (Wildman–Crippen LogP) is 6.30. The molecule has 0 radical (unpaired) electrons. The zero-order valence-corrected chi connectivity index (χ0v) is 35.3. The molecule has 14 nitrogen and oxygen atoms in total. The van der Waals surface area contributed by atoms with Crippen molar-refractivity contribution in [2.24, 2.45) is 0 Å². The average molecular weight is 858 g/mol. The van der Waals surface area contributed by atoms with Gasteiger partial charge in [0.25, 0.3) is 0 Å². The molecule has 0 atom stereocenters. The Labute approximate surface area is 353 Å². The van der Waals surface area contributed by atoms with Crippen LogP contribution in [0.4, 0.5) is 0 Å². The number of ether oxygens (including phenoxy) is 4. The number of hydrogen-bond donors (Lipinski definition) is 1. The van der Waals surface area contributed by atoms with E-state index in [1.165, 1.54) is 53.5 Å². The van der Waals surface area contributed by atoms with E-state index in [-0.39, 0.29) is 30.8 Å². The summed E-state index contributed by atoms with van der Waals surface area (Å²) in [5.74, 6) is 1.60. The molecule has 4 aromatic heterocycles. The summed E-state index contributed by atoms with van der Waals surface area (Å²) in [4.78, 5) is 50.5. The number of thiophene rings is 2. The second-order valence-electron chi connectivity index (χ2n) is 15.6. The lowest BCUT2D eigenvalue weighted by atomic mass is 9.91. The number of fused-ring (bicyclic) bond motifs is 6. The van der Waals surface area contributed by atoms with E-state index in [2.05, 4.69) is 46.7 Å². The molecule has 2 aliphatic carbocycles. The van der Waals surface area contributed by atoms with Crippen molar-refractivity contribution < 1.29 is 28.5 Å². The summed E-state index contributed by atoms with van der Waals surface area (Å²) in [6.07, 6.45) is 12.8. The number of amides is 1. The molecular formula is C41H57ClN8O6S2. The van der Waals surface area contributed by atoms with Crippen LogP contribution in [-0.2, 0) is 45.2 Å². The van der Waals surface area contributed by atoms with Crippen molar-refractivity contribution >= 4 is 65.9 Å². The molecule has 0 aromatic carbocycles. The van der Waals surface area contributed by atoms with Crippen molar-refractivity contribution in [3.63, 3.8) is 0 Å². The maximum atomic E-state index is 11.8. The molecule has 58 heavy (non-hydrogen) atoms. The van der Waals surface area contributed by atoms with Crippen LogP contribution in [0.25, 0.3) is 20.4 Å². The van der Waals surface area contributed by atoms with E-state index in [4.69, 9.17) is 18.9 Å². The van der Waals surface area contributed by atoms with Gasteiger partial charge in [-0.3, -0.25) is 19.4 Å². The first-order valence-electron chi connectivity index (χ1n) is 20.4. The summed E-state index contributed by atoms with van der Waals surface area (Å²) < 4.78 is 23.7. The molecule has 0 unspecified atom stereocenters. The van der Waals surface area contributed by atoms with E-state index in [1.807, 2.05) is 4.90 Å². The largest absolute Gasteiger partial charge is 0.474 e. The van der Waals surface area contributed by atoms with Gasteiger partial charge in [0, 0.05) is 87.1 Å². The minimum atomic E-state index is -0.361. The number of rotatable bonds is 6. The van der Waals surface area contributed by atoms with Crippen LogP contribution in [0.15, 0.2) is 12.7 Å². The van der Waals surface area contributed by atoms with E-state index >= 15 is 0 Å². The van der Waals surface area contributed by atoms with Crippen molar-refractivity contribution in [2.75, 3.05) is 52.6 Å². The van der Waals surface area contributed by atoms with Crippen molar-refractivity contribution in [2.45, 2.75) is 123 Å². The number of hydrogen-bond acceptors (Lipinski definition) is 15. The number of aromatic nitrogens is 4. The van der Waals surface area contributed by atoms with Gasteiger partial charge in [-0.25, -0.2) is 19.9 Å². The fourth-order valence-electron chi connectivity index (χ4n) is 9.02. The third-order valence-electron chi connectivity index (χ3n) is 12.0. The lowest BCUT2D eigenvalue weighted by Gasteiger charge is -2.38. The second kappa shape index (κ2) is 20.0. The number of nitrogens with one attached hydrogen (secondary N) is 1. The van der Waals surface area contributed by atoms with E-state index in [9.17, 15) is 9.59 Å². The Morgan fingerprint density at radius 3 is 1.64 bits per heavy atom. The van der Waals surface area contributed by atoms with Crippen molar-refractivity contribution in [1.82, 2.24) is 40.0 Å². The first kappa shape index (κ1) is 43.0. The number of carbonyl (C=O) groups excluding carboxylic acids is 2. The molecular weight excluding hydrogens is 800 g/mol. The molecule has 10 rings (SSSR count). The highest BCUT2D eigenvalue weighted by atomic mass is 35.5. The quantitative estimate of drug-likeness (QED) is 0.217.